The summed E-state index contributed by atoms with van der Waals surface area (Å²) in [5.41, 5.74) is 3.19. The third-order valence-corrected chi connectivity index (χ3v) is 5.13. The zero-order valence-electron chi connectivity index (χ0n) is 11.4. The summed E-state index contributed by atoms with van der Waals surface area (Å²) < 4.78 is -0.903. The molecule has 1 aromatic heterocycles. The molecule has 1 heterocycles. The van der Waals surface area contributed by atoms with Gasteiger partial charge in [-0.15, -0.1) is 34.5 Å². The fourth-order valence-corrected chi connectivity index (χ4v) is 3.29. The lowest BCUT2D eigenvalue weighted by molar-refractivity contribution is -0.117. The highest BCUT2D eigenvalue weighted by Gasteiger charge is 2.56. The molecule has 1 fully saturated rings. The van der Waals surface area contributed by atoms with Crippen LogP contribution < -0.4 is 5.32 Å². The summed E-state index contributed by atoms with van der Waals surface area (Å²) >= 11 is 13.2. The van der Waals surface area contributed by atoms with Gasteiger partial charge in [-0.1, -0.05) is 31.2 Å². The summed E-state index contributed by atoms with van der Waals surface area (Å²) in [6, 6.07) is 8.27. The Morgan fingerprint density at radius 1 is 1.43 bits per heavy atom. The number of nitrogens with zero attached hydrogens (tertiary/aromatic N) is 1. The monoisotopic (exact) mass is 340 g/mol. The van der Waals surface area contributed by atoms with E-state index in [-0.39, 0.29) is 11.8 Å². The van der Waals surface area contributed by atoms with Crippen LogP contribution in [0.15, 0.2) is 29.6 Å². The van der Waals surface area contributed by atoms with Crippen molar-refractivity contribution in [2.75, 3.05) is 5.32 Å². The van der Waals surface area contributed by atoms with Crippen LogP contribution in [0.3, 0.4) is 0 Å². The van der Waals surface area contributed by atoms with Crippen LogP contribution in [0.5, 0.6) is 0 Å². The molecule has 21 heavy (non-hydrogen) atoms. The Labute approximate surface area is 137 Å². The van der Waals surface area contributed by atoms with Gasteiger partial charge in [0.1, 0.15) is 4.33 Å². The zero-order valence-corrected chi connectivity index (χ0v) is 13.7. The van der Waals surface area contributed by atoms with Crippen LogP contribution >= 0.6 is 34.5 Å². The van der Waals surface area contributed by atoms with Crippen LogP contribution in [-0.2, 0) is 11.2 Å². The normalized spacial score (nSPS) is 19.3. The van der Waals surface area contributed by atoms with Crippen molar-refractivity contribution in [1.82, 2.24) is 4.98 Å². The van der Waals surface area contributed by atoms with Crippen LogP contribution in [-0.4, -0.2) is 15.2 Å². The van der Waals surface area contributed by atoms with Crippen molar-refractivity contribution in [3.05, 3.63) is 35.2 Å². The predicted octanol–water partition coefficient (Wildman–Crippen LogP) is 4.50. The second kappa shape index (κ2) is 5.59. The van der Waals surface area contributed by atoms with E-state index in [1.807, 2.05) is 17.5 Å². The summed E-state index contributed by atoms with van der Waals surface area (Å²) in [5, 5.41) is 5.28. The molecule has 110 valence electrons. The van der Waals surface area contributed by atoms with Gasteiger partial charge in [0.2, 0.25) is 5.91 Å². The SMILES string of the molecule is CCc1ccc(-c2csc(NC(=O)[C@H]3CC3(Cl)Cl)n2)cc1. The van der Waals surface area contributed by atoms with Gasteiger partial charge in [-0.3, -0.25) is 4.79 Å². The Hall–Kier alpha value is -1.10. The topological polar surface area (TPSA) is 42.0 Å². The van der Waals surface area contributed by atoms with Gasteiger partial charge in [0.15, 0.2) is 5.13 Å². The minimum absolute atomic E-state index is 0.165. The van der Waals surface area contributed by atoms with Crippen LogP contribution in [0.4, 0.5) is 5.13 Å². The number of rotatable bonds is 4. The quantitative estimate of drug-likeness (QED) is 0.832. The van der Waals surface area contributed by atoms with Gasteiger partial charge in [0, 0.05) is 10.9 Å². The summed E-state index contributed by atoms with van der Waals surface area (Å²) in [6.07, 6.45) is 1.51. The number of carbonyl (C=O) groups is 1. The number of carbonyl (C=O) groups excluding carboxylic acids is 1. The molecule has 0 aliphatic heterocycles. The molecule has 1 aromatic carbocycles. The molecule has 1 atom stereocenters. The highest BCUT2D eigenvalue weighted by Crippen LogP contribution is 2.53. The molecule has 1 saturated carbocycles. The highest BCUT2D eigenvalue weighted by molar-refractivity contribution is 7.14. The number of halogens is 2. The molecule has 0 unspecified atom stereocenters. The standard InChI is InChI=1S/C15H14Cl2N2OS/c1-2-9-3-5-10(6-4-9)12-8-21-14(18-12)19-13(20)11-7-15(11,16)17/h3-6,8,11H,2,7H2,1H3,(H,18,19,20)/t11-/m1/s1. The molecule has 0 bridgehead atoms. The smallest absolute Gasteiger partial charge is 0.232 e. The molecule has 3 rings (SSSR count). The maximum absolute atomic E-state index is 11.9. The van der Waals surface area contributed by atoms with Crippen molar-refractivity contribution < 1.29 is 4.79 Å². The van der Waals surface area contributed by atoms with Crippen molar-refractivity contribution in [1.29, 1.82) is 0 Å². The maximum Gasteiger partial charge on any atom is 0.232 e. The Balaban J connectivity index is 1.69. The molecular formula is C15H14Cl2N2OS. The van der Waals surface area contributed by atoms with E-state index in [4.69, 9.17) is 23.2 Å². The summed E-state index contributed by atoms with van der Waals surface area (Å²) in [5.74, 6) is -0.501. The molecule has 0 spiro atoms. The van der Waals surface area contributed by atoms with Gasteiger partial charge in [0.25, 0.3) is 0 Å². The number of thiazole rings is 1. The Morgan fingerprint density at radius 3 is 2.67 bits per heavy atom. The molecule has 2 aromatic rings. The van der Waals surface area contributed by atoms with E-state index >= 15 is 0 Å². The Kier molecular flexibility index (Phi) is 3.95. The fourth-order valence-electron chi connectivity index (χ4n) is 2.07. The number of benzene rings is 1. The van der Waals surface area contributed by atoms with E-state index in [0.717, 1.165) is 17.7 Å². The molecule has 1 amide bonds. The number of aryl methyl sites for hydroxylation is 1. The molecule has 1 aliphatic rings. The third-order valence-electron chi connectivity index (χ3n) is 3.53. The number of aromatic nitrogens is 1. The lowest BCUT2D eigenvalue weighted by Crippen LogP contribution is -2.16. The van der Waals surface area contributed by atoms with Gasteiger partial charge in [-0.2, -0.15) is 0 Å². The van der Waals surface area contributed by atoms with Crippen LogP contribution in [0.1, 0.15) is 18.9 Å². The van der Waals surface area contributed by atoms with E-state index in [1.54, 1.807) is 0 Å². The van der Waals surface area contributed by atoms with E-state index in [9.17, 15) is 4.79 Å². The minimum Gasteiger partial charge on any atom is -0.302 e. The van der Waals surface area contributed by atoms with E-state index in [2.05, 4.69) is 29.4 Å². The number of amides is 1. The molecule has 0 saturated heterocycles. The fraction of sp³-hybridized carbons (Fsp3) is 0.333. The first-order valence-corrected chi connectivity index (χ1v) is 8.36. The number of alkyl halides is 2. The Bertz CT molecular complexity index is 667. The number of nitrogens with one attached hydrogen (secondary N) is 1. The minimum atomic E-state index is -0.903. The predicted molar refractivity (Wildman–Crippen MR) is 88.1 cm³/mol. The van der Waals surface area contributed by atoms with E-state index in [1.165, 1.54) is 16.9 Å². The molecule has 3 nitrogen and oxygen atoms in total. The molecule has 0 radical (unpaired) electrons. The van der Waals surface area contributed by atoms with E-state index < -0.39 is 4.33 Å². The summed E-state index contributed by atoms with van der Waals surface area (Å²) in [6.45, 7) is 2.12. The van der Waals surface area contributed by atoms with E-state index in [0.29, 0.717) is 11.6 Å². The van der Waals surface area contributed by atoms with Gasteiger partial charge in [-0.25, -0.2) is 4.98 Å². The van der Waals surface area contributed by atoms with Gasteiger partial charge in [-0.05, 0) is 18.4 Å². The third kappa shape index (κ3) is 3.23. The first-order valence-electron chi connectivity index (χ1n) is 6.73. The van der Waals surface area contributed by atoms with Crippen molar-refractivity contribution in [2.45, 2.75) is 24.1 Å². The molecule has 1 N–H and O–H groups in total. The number of hydrogen-bond acceptors (Lipinski definition) is 3. The Morgan fingerprint density at radius 2 is 2.10 bits per heavy atom. The van der Waals surface area contributed by atoms with Crippen molar-refractivity contribution >= 4 is 45.6 Å². The lowest BCUT2D eigenvalue weighted by atomic mass is 10.1. The van der Waals surface area contributed by atoms with Crippen molar-refractivity contribution in [3.63, 3.8) is 0 Å². The highest BCUT2D eigenvalue weighted by atomic mass is 35.5. The van der Waals surface area contributed by atoms with Crippen LogP contribution in [0, 0.1) is 5.92 Å². The largest absolute Gasteiger partial charge is 0.302 e. The van der Waals surface area contributed by atoms with Crippen molar-refractivity contribution in [2.24, 2.45) is 5.92 Å². The second-order valence-corrected chi connectivity index (χ2v) is 7.50. The average Bonchev–Trinajstić information content (AvgIpc) is 2.90. The average molecular weight is 341 g/mol. The number of anilines is 1. The lowest BCUT2D eigenvalue weighted by Gasteiger charge is -2.01. The van der Waals surface area contributed by atoms with Crippen LogP contribution in [0.2, 0.25) is 0 Å². The van der Waals surface area contributed by atoms with Gasteiger partial charge < -0.3 is 5.32 Å². The zero-order chi connectivity index (χ0) is 15.0. The maximum atomic E-state index is 11.9. The first-order chi connectivity index (χ1) is 9.99. The molecular weight excluding hydrogens is 327 g/mol. The summed E-state index contributed by atoms with van der Waals surface area (Å²) in [7, 11) is 0. The molecule has 6 heteroatoms. The molecule has 1 aliphatic carbocycles. The van der Waals surface area contributed by atoms with Crippen LogP contribution in [0.25, 0.3) is 11.3 Å². The van der Waals surface area contributed by atoms with Gasteiger partial charge in [0.05, 0.1) is 11.6 Å². The summed E-state index contributed by atoms with van der Waals surface area (Å²) in [4.78, 5) is 16.3. The van der Waals surface area contributed by atoms with Gasteiger partial charge >= 0.3 is 0 Å². The van der Waals surface area contributed by atoms with Crippen molar-refractivity contribution in [3.8, 4) is 11.3 Å². The number of hydrogen-bond donors (Lipinski definition) is 1. The first kappa shape index (κ1) is 14.8. The second-order valence-electron chi connectivity index (χ2n) is 5.10.